The van der Waals surface area contributed by atoms with E-state index in [1.807, 2.05) is 0 Å². The third-order valence-corrected chi connectivity index (χ3v) is 2.18. The van der Waals surface area contributed by atoms with Gasteiger partial charge in [0.05, 0.1) is 4.92 Å². The van der Waals surface area contributed by atoms with E-state index in [0.29, 0.717) is 0 Å². The van der Waals surface area contributed by atoms with E-state index in [-0.39, 0.29) is 27.1 Å². The Labute approximate surface area is 89.0 Å². The van der Waals surface area contributed by atoms with Gasteiger partial charge in [0.15, 0.2) is 0 Å². The molecule has 0 saturated heterocycles. The van der Waals surface area contributed by atoms with Gasteiger partial charge in [-0.25, -0.2) is 4.98 Å². The summed E-state index contributed by atoms with van der Waals surface area (Å²) < 4.78 is 0. The number of nitro groups is 1. The SMILES string of the molecule is Cc1nc(Cl)c(C#N)c(Cl)c1[N+](=O)[O-]. The fourth-order valence-electron chi connectivity index (χ4n) is 0.931. The minimum atomic E-state index is -0.693. The van der Waals surface area contributed by atoms with Crippen molar-refractivity contribution in [1.29, 1.82) is 5.26 Å². The molecule has 0 atom stereocenters. The molecular weight excluding hydrogens is 229 g/mol. The Balaban J connectivity index is 3.62. The second kappa shape index (κ2) is 3.78. The minimum absolute atomic E-state index is 0.0870. The van der Waals surface area contributed by atoms with E-state index in [4.69, 9.17) is 28.5 Å². The molecule has 1 rings (SSSR count). The number of nitriles is 1. The molecule has 0 saturated carbocycles. The van der Waals surface area contributed by atoms with E-state index >= 15 is 0 Å². The molecule has 0 bridgehead atoms. The topological polar surface area (TPSA) is 79.8 Å². The summed E-state index contributed by atoms with van der Waals surface area (Å²) in [5, 5.41) is 18.8. The molecule has 0 N–H and O–H groups in total. The maximum absolute atomic E-state index is 10.6. The van der Waals surface area contributed by atoms with Crippen LogP contribution in [0.3, 0.4) is 0 Å². The zero-order valence-electron chi connectivity index (χ0n) is 6.91. The number of aryl methyl sites for hydroxylation is 1. The van der Waals surface area contributed by atoms with Crippen molar-refractivity contribution in [3.63, 3.8) is 0 Å². The van der Waals surface area contributed by atoms with Gasteiger partial charge in [0.25, 0.3) is 0 Å². The summed E-state index contributed by atoms with van der Waals surface area (Å²) in [5.74, 6) is 0. The molecule has 1 aromatic rings. The molecule has 0 amide bonds. The predicted molar refractivity (Wildman–Crippen MR) is 50.4 cm³/mol. The number of halogens is 2. The molecule has 5 nitrogen and oxygen atoms in total. The van der Waals surface area contributed by atoms with Crippen LogP contribution in [0.4, 0.5) is 5.69 Å². The van der Waals surface area contributed by atoms with Crippen LogP contribution in [-0.2, 0) is 0 Å². The number of rotatable bonds is 1. The van der Waals surface area contributed by atoms with Crippen LogP contribution in [0, 0.1) is 28.4 Å². The van der Waals surface area contributed by atoms with Gasteiger partial charge in [0, 0.05) is 0 Å². The number of hydrogen-bond acceptors (Lipinski definition) is 4. The van der Waals surface area contributed by atoms with Crippen molar-refractivity contribution in [3.05, 3.63) is 31.5 Å². The van der Waals surface area contributed by atoms with E-state index in [1.165, 1.54) is 6.92 Å². The standard InChI is InChI=1S/C7H3Cl2N3O2/c1-3-6(12(13)14)5(8)4(2-10)7(9)11-3/h1H3. The Morgan fingerprint density at radius 2 is 2.14 bits per heavy atom. The Morgan fingerprint density at radius 1 is 1.57 bits per heavy atom. The van der Waals surface area contributed by atoms with E-state index < -0.39 is 4.92 Å². The van der Waals surface area contributed by atoms with Gasteiger partial charge in [0.1, 0.15) is 27.5 Å². The van der Waals surface area contributed by atoms with Gasteiger partial charge in [-0.2, -0.15) is 5.26 Å². The minimum Gasteiger partial charge on any atom is -0.258 e. The van der Waals surface area contributed by atoms with Gasteiger partial charge in [-0.1, -0.05) is 23.2 Å². The third-order valence-electron chi connectivity index (χ3n) is 1.54. The van der Waals surface area contributed by atoms with Crippen molar-refractivity contribution in [1.82, 2.24) is 4.98 Å². The molecule has 1 aromatic heterocycles. The zero-order chi connectivity index (χ0) is 10.9. The van der Waals surface area contributed by atoms with Gasteiger partial charge < -0.3 is 0 Å². The van der Waals surface area contributed by atoms with Crippen molar-refractivity contribution in [2.45, 2.75) is 6.92 Å². The van der Waals surface area contributed by atoms with Gasteiger partial charge in [-0.15, -0.1) is 0 Å². The molecular formula is C7H3Cl2N3O2. The molecule has 0 unspecified atom stereocenters. The van der Waals surface area contributed by atoms with Crippen LogP contribution in [0.5, 0.6) is 0 Å². The van der Waals surface area contributed by atoms with Crippen molar-refractivity contribution in [2.24, 2.45) is 0 Å². The maximum Gasteiger partial charge on any atom is 0.310 e. The van der Waals surface area contributed by atoms with Crippen LogP contribution in [0.2, 0.25) is 10.2 Å². The Morgan fingerprint density at radius 3 is 2.57 bits per heavy atom. The molecule has 72 valence electrons. The summed E-state index contributed by atoms with van der Waals surface area (Å²) in [7, 11) is 0. The predicted octanol–water partition coefficient (Wildman–Crippen LogP) is 2.48. The molecule has 0 radical (unpaired) electrons. The zero-order valence-corrected chi connectivity index (χ0v) is 8.43. The van der Waals surface area contributed by atoms with Gasteiger partial charge >= 0.3 is 5.69 Å². The lowest BCUT2D eigenvalue weighted by Crippen LogP contribution is -1.98. The van der Waals surface area contributed by atoms with Crippen LogP contribution in [0.25, 0.3) is 0 Å². The average Bonchev–Trinajstić information content (AvgIpc) is 2.02. The number of hydrogen-bond donors (Lipinski definition) is 0. The molecule has 14 heavy (non-hydrogen) atoms. The van der Waals surface area contributed by atoms with Crippen LogP contribution in [-0.4, -0.2) is 9.91 Å². The van der Waals surface area contributed by atoms with Crippen molar-refractivity contribution < 1.29 is 4.92 Å². The Hall–Kier alpha value is -1.38. The quantitative estimate of drug-likeness (QED) is 0.423. The molecule has 0 aliphatic rings. The molecule has 1 heterocycles. The Bertz CT molecular complexity index is 453. The fourth-order valence-corrected chi connectivity index (χ4v) is 1.58. The fraction of sp³-hybridized carbons (Fsp3) is 0.143. The number of pyridine rings is 1. The smallest absolute Gasteiger partial charge is 0.258 e. The van der Waals surface area contributed by atoms with Crippen LogP contribution in [0.1, 0.15) is 11.3 Å². The van der Waals surface area contributed by atoms with Crippen molar-refractivity contribution in [3.8, 4) is 6.07 Å². The van der Waals surface area contributed by atoms with Gasteiger partial charge in [-0.05, 0) is 6.92 Å². The summed E-state index contributed by atoms with van der Waals surface area (Å²) >= 11 is 11.2. The summed E-state index contributed by atoms with van der Waals surface area (Å²) in [5.41, 5.74) is -0.470. The normalized spacial score (nSPS) is 9.57. The highest BCUT2D eigenvalue weighted by molar-refractivity contribution is 6.37. The molecule has 0 spiro atoms. The summed E-state index contributed by atoms with van der Waals surface area (Å²) in [4.78, 5) is 13.5. The highest BCUT2D eigenvalue weighted by Gasteiger charge is 2.23. The highest BCUT2D eigenvalue weighted by Crippen LogP contribution is 2.33. The van der Waals surface area contributed by atoms with Crippen LogP contribution >= 0.6 is 23.2 Å². The number of nitrogens with zero attached hydrogens (tertiary/aromatic N) is 3. The second-order valence-electron chi connectivity index (χ2n) is 2.39. The first-order chi connectivity index (χ1) is 6.49. The molecule has 7 heteroatoms. The van der Waals surface area contributed by atoms with Gasteiger partial charge in [-0.3, -0.25) is 10.1 Å². The van der Waals surface area contributed by atoms with E-state index in [0.717, 1.165) is 0 Å². The monoisotopic (exact) mass is 231 g/mol. The molecule has 0 aliphatic carbocycles. The average molecular weight is 232 g/mol. The maximum atomic E-state index is 10.6. The first-order valence-electron chi connectivity index (χ1n) is 3.39. The summed E-state index contributed by atoms with van der Waals surface area (Å²) in [6.07, 6.45) is 0. The van der Waals surface area contributed by atoms with Crippen molar-refractivity contribution >= 4 is 28.9 Å². The largest absolute Gasteiger partial charge is 0.310 e. The first kappa shape index (κ1) is 10.7. The number of aromatic nitrogens is 1. The van der Waals surface area contributed by atoms with Crippen LogP contribution < -0.4 is 0 Å². The summed E-state index contributed by atoms with van der Waals surface area (Å²) in [6.45, 7) is 1.40. The second-order valence-corrected chi connectivity index (χ2v) is 3.13. The lowest BCUT2D eigenvalue weighted by molar-refractivity contribution is -0.385. The lowest BCUT2D eigenvalue weighted by atomic mass is 10.2. The van der Waals surface area contributed by atoms with E-state index in [2.05, 4.69) is 4.98 Å². The highest BCUT2D eigenvalue weighted by atomic mass is 35.5. The first-order valence-corrected chi connectivity index (χ1v) is 4.14. The van der Waals surface area contributed by atoms with Crippen LogP contribution in [0.15, 0.2) is 0 Å². The molecule has 0 aliphatic heterocycles. The Kier molecular flexibility index (Phi) is 2.89. The third kappa shape index (κ3) is 1.62. The lowest BCUT2D eigenvalue weighted by Gasteiger charge is -2.01. The molecule has 0 fully saturated rings. The molecule has 0 aromatic carbocycles. The van der Waals surface area contributed by atoms with E-state index in [9.17, 15) is 10.1 Å². The van der Waals surface area contributed by atoms with Crippen molar-refractivity contribution in [2.75, 3.05) is 0 Å². The summed E-state index contributed by atoms with van der Waals surface area (Å²) in [6, 6.07) is 1.66. The van der Waals surface area contributed by atoms with Gasteiger partial charge in [0.2, 0.25) is 0 Å². The van der Waals surface area contributed by atoms with E-state index in [1.54, 1.807) is 6.07 Å².